The van der Waals surface area contributed by atoms with Crippen LogP contribution in [-0.4, -0.2) is 24.9 Å². The molecule has 0 aliphatic heterocycles. The van der Waals surface area contributed by atoms with Crippen molar-refractivity contribution in [3.63, 3.8) is 0 Å². The summed E-state index contributed by atoms with van der Waals surface area (Å²) in [5.74, 6) is -3.57. The number of alkyl halides is 2. The van der Waals surface area contributed by atoms with Crippen LogP contribution in [0.25, 0.3) is 0 Å². The first kappa shape index (κ1) is 17.5. The van der Waals surface area contributed by atoms with Crippen molar-refractivity contribution in [2.24, 2.45) is 5.73 Å². The minimum Gasteiger partial charge on any atom is -0.346 e. The van der Waals surface area contributed by atoms with E-state index in [0.29, 0.717) is 5.56 Å². The number of amides is 1. The molecule has 0 aromatic heterocycles. The fourth-order valence-electron chi connectivity index (χ4n) is 1.20. The summed E-state index contributed by atoms with van der Waals surface area (Å²) < 4.78 is 26.5. The van der Waals surface area contributed by atoms with Crippen molar-refractivity contribution in [1.29, 1.82) is 0 Å². The predicted molar refractivity (Wildman–Crippen MR) is 77.5 cm³/mol. The number of hydrogen-bond donors (Lipinski definition) is 2. The van der Waals surface area contributed by atoms with E-state index in [1.54, 1.807) is 12.1 Å². The average molecular weight is 391 g/mol. The molecule has 0 saturated heterocycles. The molecule has 0 unspecified atom stereocenters. The summed E-state index contributed by atoms with van der Waals surface area (Å²) in [7, 11) is 0. The van der Waals surface area contributed by atoms with E-state index < -0.39 is 24.9 Å². The highest BCUT2D eigenvalue weighted by Gasteiger charge is 2.27. The highest BCUT2D eigenvalue weighted by Crippen LogP contribution is 2.17. The number of halogens is 4. The van der Waals surface area contributed by atoms with Crippen LogP contribution in [0, 0.1) is 10.5 Å². The van der Waals surface area contributed by atoms with Crippen molar-refractivity contribution in [1.82, 2.24) is 5.32 Å². The highest BCUT2D eigenvalue weighted by molar-refractivity contribution is 14.1. The van der Waals surface area contributed by atoms with Crippen LogP contribution in [0.5, 0.6) is 0 Å². The molecule has 0 atom stereocenters. The molecule has 0 radical (unpaired) electrons. The second-order valence-electron chi connectivity index (χ2n) is 3.68. The summed E-state index contributed by atoms with van der Waals surface area (Å²) >= 11 is 2.02. The number of carbonyl (C=O) groups is 1. The number of rotatable bonds is 4. The van der Waals surface area contributed by atoms with Gasteiger partial charge in [0.15, 0.2) is 0 Å². The van der Waals surface area contributed by atoms with Crippen LogP contribution in [0.4, 0.5) is 8.78 Å². The second-order valence-corrected chi connectivity index (χ2v) is 4.76. The first-order chi connectivity index (χ1) is 7.87. The number of carbonyl (C=O) groups excluding carboxylic acids is 1. The molecule has 0 aliphatic rings. The standard InChI is InChI=1S/C11H13F2IN2O.ClH/c1-7-3-2-4-8(9(7)14)10(17)16-6-11(12,13)5-15;/h2-4H,5-6,15H2,1H3,(H,16,17);1H. The van der Waals surface area contributed by atoms with E-state index in [1.807, 2.05) is 35.6 Å². The van der Waals surface area contributed by atoms with Gasteiger partial charge in [-0.2, -0.15) is 0 Å². The maximum Gasteiger partial charge on any atom is 0.277 e. The lowest BCUT2D eigenvalue weighted by atomic mass is 10.1. The lowest BCUT2D eigenvalue weighted by Crippen LogP contribution is -2.41. The smallest absolute Gasteiger partial charge is 0.277 e. The van der Waals surface area contributed by atoms with E-state index in [2.05, 4.69) is 5.32 Å². The lowest BCUT2D eigenvalue weighted by molar-refractivity contribution is 0.0118. The maximum absolute atomic E-state index is 12.9. The second kappa shape index (κ2) is 7.20. The topological polar surface area (TPSA) is 55.1 Å². The molecular formula is C11H14ClF2IN2O. The average Bonchev–Trinajstić information content (AvgIpc) is 2.30. The SMILES string of the molecule is Cc1cccc(C(=O)NCC(F)(F)CN)c1I.Cl. The van der Waals surface area contributed by atoms with Crippen molar-refractivity contribution in [3.8, 4) is 0 Å². The third-order valence-electron chi connectivity index (χ3n) is 2.24. The number of benzene rings is 1. The molecule has 0 heterocycles. The van der Waals surface area contributed by atoms with Gasteiger partial charge in [-0.3, -0.25) is 4.79 Å². The Balaban J connectivity index is 0.00000289. The summed E-state index contributed by atoms with van der Waals surface area (Å²) in [6.45, 7) is 0.331. The Hall–Kier alpha value is -0.470. The molecular weight excluding hydrogens is 376 g/mol. The molecule has 0 aliphatic carbocycles. The fraction of sp³-hybridized carbons (Fsp3) is 0.364. The van der Waals surface area contributed by atoms with Crippen LogP contribution in [0.2, 0.25) is 0 Å². The van der Waals surface area contributed by atoms with Crippen LogP contribution in [0.1, 0.15) is 15.9 Å². The Kier molecular flexibility index (Phi) is 7.01. The van der Waals surface area contributed by atoms with Gasteiger partial charge in [0.25, 0.3) is 11.8 Å². The van der Waals surface area contributed by atoms with Crippen molar-refractivity contribution in [3.05, 3.63) is 32.9 Å². The Morgan fingerprint density at radius 2 is 2.11 bits per heavy atom. The summed E-state index contributed by atoms with van der Waals surface area (Å²) in [5, 5.41) is 2.18. The van der Waals surface area contributed by atoms with Gasteiger partial charge in [0.1, 0.15) is 0 Å². The van der Waals surface area contributed by atoms with Gasteiger partial charge in [-0.15, -0.1) is 12.4 Å². The van der Waals surface area contributed by atoms with Gasteiger partial charge < -0.3 is 11.1 Å². The molecule has 3 N–H and O–H groups in total. The summed E-state index contributed by atoms with van der Waals surface area (Å²) in [6.07, 6.45) is 0. The normalized spacial score (nSPS) is 10.7. The molecule has 1 rings (SSSR count). The molecule has 0 bridgehead atoms. The zero-order chi connectivity index (χ0) is 13.1. The van der Waals surface area contributed by atoms with Crippen molar-refractivity contribution >= 4 is 40.9 Å². The van der Waals surface area contributed by atoms with E-state index in [0.717, 1.165) is 9.13 Å². The van der Waals surface area contributed by atoms with Crippen LogP contribution < -0.4 is 11.1 Å². The molecule has 1 aromatic rings. The molecule has 18 heavy (non-hydrogen) atoms. The van der Waals surface area contributed by atoms with Gasteiger partial charge in [0.05, 0.1) is 18.7 Å². The molecule has 0 fully saturated rings. The molecule has 102 valence electrons. The fourth-order valence-corrected chi connectivity index (χ4v) is 1.80. The number of nitrogens with two attached hydrogens (primary N) is 1. The first-order valence-electron chi connectivity index (χ1n) is 4.98. The Morgan fingerprint density at radius 3 is 2.67 bits per heavy atom. The Labute approximate surface area is 124 Å². The van der Waals surface area contributed by atoms with E-state index in [9.17, 15) is 13.6 Å². The van der Waals surface area contributed by atoms with Crippen molar-refractivity contribution in [2.75, 3.05) is 13.1 Å². The highest BCUT2D eigenvalue weighted by atomic mass is 127. The number of hydrogen-bond acceptors (Lipinski definition) is 2. The molecule has 1 amide bonds. The monoisotopic (exact) mass is 390 g/mol. The van der Waals surface area contributed by atoms with Crippen LogP contribution in [-0.2, 0) is 0 Å². The van der Waals surface area contributed by atoms with Crippen molar-refractivity contribution < 1.29 is 13.6 Å². The third-order valence-corrected chi connectivity index (χ3v) is 3.67. The molecule has 3 nitrogen and oxygen atoms in total. The first-order valence-corrected chi connectivity index (χ1v) is 6.06. The quantitative estimate of drug-likeness (QED) is 0.776. The zero-order valence-electron chi connectivity index (χ0n) is 9.67. The minimum atomic E-state index is -3.06. The summed E-state index contributed by atoms with van der Waals surface area (Å²) in [5.41, 5.74) is 6.22. The molecule has 0 saturated carbocycles. The van der Waals surface area contributed by atoms with Gasteiger partial charge in [-0.05, 0) is 41.1 Å². The van der Waals surface area contributed by atoms with Crippen molar-refractivity contribution in [2.45, 2.75) is 12.8 Å². The van der Waals surface area contributed by atoms with E-state index in [1.165, 1.54) is 0 Å². The van der Waals surface area contributed by atoms with E-state index in [-0.39, 0.29) is 12.4 Å². The van der Waals surface area contributed by atoms with Gasteiger partial charge in [0.2, 0.25) is 0 Å². The zero-order valence-corrected chi connectivity index (χ0v) is 12.6. The molecule has 1 aromatic carbocycles. The van der Waals surface area contributed by atoms with E-state index in [4.69, 9.17) is 5.73 Å². The number of nitrogens with one attached hydrogen (secondary N) is 1. The summed E-state index contributed by atoms with van der Waals surface area (Å²) in [6, 6.07) is 5.17. The summed E-state index contributed by atoms with van der Waals surface area (Å²) in [4.78, 5) is 11.7. The minimum absolute atomic E-state index is 0. The lowest BCUT2D eigenvalue weighted by Gasteiger charge is -2.15. The third kappa shape index (κ3) is 4.66. The van der Waals surface area contributed by atoms with Gasteiger partial charge in [-0.25, -0.2) is 8.78 Å². The van der Waals surface area contributed by atoms with Crippen LogP contribution in [0.3, 0.4) is 0 Å². The maximum atomic E-state index is 12.9. The Morgan fingerprint density at radius 1 is 1.50 bits per heavy atom. The Bertz CT molecular complexity index is 430. The van der Waals surface area contributed by atoms with Gasteiger partial charge in [0, 0.05) is 3.57 Å². The largest absolute Gasteiger partial charge is 0.346 e. The predicted octanol–water partition coefficient (Wildman–Crippen LogP) is 2.35. The van der Waals surface area contributed by atoms with Gasteiger partial charge >= 0.3 is 0 Å². The number of aryl methyl sites for hydroxylation is 1. The van der Waals surface area contributed by atoms with Crippen LogP contribution >= 0.6 is 35.0 Å². The van der Waals surface area contributed by atoms with Crippen LogP contribution in [0.15, 0.2) is 18.2 Å². The van der Waals surface area contributed by atoms with E-state index >= 15 is 0 Å². The van der Waals surface area contributed by atoms with Gasteiger partial charge in [-0.1, -0.05) is 12.1 Å². The molecule has 7 heteroatoms. The molecule has 0 spiro atoms.